The number of benzene rings is 1. The Bertz CT molecular complexity index is 610. The first kappa shape index (κ1) is 10.5. The van der Waals surface area contributed by atoms with Gasteiger partial charge in [-0.05, 0) is 23.8 Å². The van der Waals surface area contributed by atoms with Crippen molar-refractivity contribution >= 4 is 27.0 Å². The van der Waals surface area contributed by atoms with Gasteiger partial charge in [-0.2, -0.15) is 0 Å². The fourth-order valence-corrected chi connectivity index (χ4v) is 2.05. The lowest BCUT2D eigenvalue weighted by Gasteiger charge is -1.97. The zero-order valence-electron chi connectivity index (χ0n) is 9.02. The molecule has 3 rings (SSSR count). The van der Waals surface area contributed by atoms with Gasteiger partial charge in [0, 0.05) is 17.1 Å². The fourth-order valence-electron chi connectivity index (χ4n) is 1.79. The summed E-state index contributed by atoms with van der Waals surface area (Å²) in [6.07, 6.45) is 4.36. The number of aromatic amines is 1. The summed E-state index contributed by atoms with van der Waals surface area (Å²) >= 11 is 3.43. The summed E-state index contributed by atoms with van der Waals surface area (Å²) in [7, 11) is 0. The molecule has 0 atom stereocenters. The van der Waals surface area contributed by atoms with Crippen LogP contribution in [0.4, 0.5) is 0 Å². The molecule has 84 valence electrons. The van der Waals surface area contributed by atoms with Crippen LogP contribution in [0.2, 0.25) is 0 Å². The van der Waals surface area contributed by atoms with Crippen molar-refractivity contribution in [3.05, 3.63) is 58.6 Å². The summed E-state index contributed by atoms with van der Waals surface area (Å²) in [6, 6.07) is 10.2. The molecule has 0 unspecified atom stereocenters. The average molecular weight is 288 g/mol. The summed E-state index contributed by atoms with van der Waals surface area (Å²) in [6.45, 7) is 0. The van der Waals surface area contributed by atoms with Gasteiger partial charge in [-0.25, -0.2) is 4.98 Å². The molecule has 4 heteroatoms. The van der Waals surface area contributed by atoms with E-state index in [0.29, 0.717) is 0 Å². The van der Waals surface area contributed by atoms with Crippen LogP contribution >= 0.6 is 15.9 Å². The van der Waals surface area contributed by atoms with Gasteiger partial charge in [0.1, 0.15) is 5.82 Å². The Kier molecular flexibility index (Phi) is 2.65. The quantitative estimate of drug-likeness (QED) is 0.786. The molecule has 0 aliphatic heterocycles. The standard InChI is InChI=1S/C13H10BrN3/c14-10-3-1-9(2-4-10)7-13-16-11-5-6-15-8-12(11)17-13/h1-6,8H,7H2,(H,16,17). The molecule has 1 N–H and O–H groups in total. The zero-order chi connectivity index (χ0) is 11.7. The molecular formula is C13H10BrN3. The summed E-state index contributed by atoms with van der Waals surface area (Å²) < 4.78 is 1.09. The van der Waals surface area contributed by atoms with Crippen molar-refractivity contribution in [2.24, 2.45) is 0 Å². The molecule has 1 aromatic carbocycles. The van der Waals surface area contributed by atoms with Gasteiger partial charge >= 0.3 is 0 Å². The van der Waals surface area contributed by atoms with E-state index in [0.717, 1.165) is 27.8 Å². The number of aromatic nitrogens is 3. The number of rotatable bonds is 2. The second-order valence-electron chi connectivity index (χ2n) is 3.88. The zero-order valence-corrected chi connectivity index (χ0v) is 10.6. The molecule has 0 aliphatic carbocycles. The van der Waals surface area contributed by atoms with Crippen molar-refractivity contribution in [3.8, 4) is 0 Å². The number of fused-ring (bicyclic) bond motifs is 1. The largest absolute Gasteiger partial charge is 0.340 e. The highest BCUT2D eigenvalue weighted by Crippen LogP contribution is 2.15. The van der Waals surface area contributed by atoms with E-state index in [1.54, 1.807) is 12.4 Å². The van der Waals surface area contributed by atoms with Crippen LogP contribution in [0, 0.1) is 0 Å². The molecule has 0 amide bonds. The Morgan fingerprint density at radius 1 is 1.12 bits per heavy atom. The third-order valence-electron chi connectivity index (χ3n) is 2.62. The van der Waals surface area contributed by atoms with Gasteiger partial charge in [0.25, 0.3) is 0 Å². The Morgan fingerprint density at radius 2 is 1.94 bits per heavy atom. The fraction of sp³-hybridized carbons (Fsp3) is 0.0769. The number of halogens is 1. The van der Waals surface area contributed by atoms with Crippen LogP contribution in [0.3, 0.4) is 0 Å². The van der Waals surface area contributed by atoms with E-state index < -0.39 is 0 Å². The SMILES string of the molecule is Brc1ccc(Cc2nc3ccncc3[nH]2)cc1. The van der Waals surface area contributed by atoms with Gasteiger partial charge in [-0.15, -0.1) is 0 Å². The van der Waals surface area contributed by atoms with E-state index in [9.17, 15) is 0 Å². The Morgan fingerprint density at radius 3 is 2.71 bits per heavy atom. The maximum atomic E-state index is 4.52. The first-order chi connectivity index (χ1) is 8.31. The molecule has 2 heterocycles. The lowest BCUT2D eigenvalue weighted by atomic mass is 10.1. The van der Waals surface area contributed by atoms with E-state index in [-0.39, 0.29) is 0 Å². The maximum absolute atomic E-state index is 4.52. The topological polar surface area (TPSA) is 41.6 Å². The molecule has 2 aromatic heterocycles. The van der Waals surface area contributed by atoms with Crippen LogP contribution in [-0.2, 0) is 6.42 Å². The highest BCUT2D eigenvalue weighted by molar-refractivity contribution is 9.10. The minimum absolute atomic E-state index is 0.807. The number of nitrogens with one attached hydrogen (secondary N) is 1. The third kappa shape index (κ3) is 2.22. The molecule has 3 nitrogen and oxygen atoms in total. The second-order valence-corrected chi connectivity index (χ2v) is 4.80. The van der Waals surface area contributed by atoms with Crippen LogP contribution in [0.15, 0.2) is 47.2 Å². The molecule has 0 radical (unpaired) electrons. The Balaban J connectivity index is 1.92. The number of H-pyrrole nitrogens is 1. The van der Waals surface area contributed by atoms with Crippen LogP contribution < -0.4 is 0 Å². The molecule has 17 heavy (non-hydrogen) atoms. The summed E-state index contributed by atoms with van der Waals surface area (Å²) in [5, 5.41) is 0. The van der Waals surface area contributed by atoms with Gasteiger partial charge < -0.3 is 4.98 Å². The molecule has 0 saturated heterocycles. The lowest BCUT2D eigenvalue weighted by molar-refractivity contribution is 1.04. The van der Waals surface area contributed by atoms with Gasteiger partial charge in [0.05, 0.1) is 17.2 Å². The van der Waals surface area contributed by atoms with Crippen molar-refractivity contribution in [1.82, 2.24) is 15.0 Å². The third-order valence-corrected chi connectivity index (χ3v) is 3.15. The first-order valence-corrected chi connectivity index (χ1v) is 6.13. The van der Waals surface area contributed by atoms with Crippen LogP contribution in [0.1, 0.15) is 11.4 Å². The number of imidazole rings is 1. The smallest absolute Gasteiger partial charge is 0.111 e. The highest BCUT2D eigenvalue weighted by Gasteiger charge is 2.03. The van der Waals surface area contributed by atoms with Crippen molar-refractivity contribution < 1.29 is 0 Å². The summed E-state index contributed by atoms with van der Waals surface area (Å²) in [5.74, 6) is 0.968. The molecule has 3 aromatic rings. The van der Waals surface area contributed by atoms with Gasteiger partial charge in [-0.3, -0.25) is 4.98 Å². The molecule has 0 saturated carbocycles. The van der Waals surface area contributed by atoms with Gasteiger partial charge in [0.15, 0.2) is 0 Å². The van der Waals surface area contributed by atoms with Gasteiger partial charge in [-0.1, -0.05) is 28.1 Å². The molecule has 0 bridgehead atoms. The highest BCUT2D eigenvalue weighted by atomic mass is 79.9. The van der Waals surface area contributed by atoms with E-state index in [4.69, 9.17) is 0 Å². The lowest BCUT2D eigenvalue weighted by Crippen LogP contribution is -1.89. The van der Waals surface area contributed by atoms with Crippen molar-refractivity contribution in [1.29, 1.82) is 0 Å². The van der Waals surface area contributed by atoms with Crippen LogP contribution in [0.25, 0.3) is 11.0 Å². The molecule has 0 aliphatic rings. The maximum Gasteiger partial charge on any atom is 0.111 e. The summed E-state index contributed by atoms with van der Waals surface area (Å²) in [4.78, 5) is 11.9. The van der Waals surface area contributed by atoms with Crippen LogP contribution in [0.5, 0.6) is 0 Å². The number of hydrogen-bond donors (Lipinski definition) is 1. The van der Waals surface area contributed by atoms with Crippen molar-refractivity contribution in [2.45, 2.75) is 6.42 Å². The minimum atomic E-state index is 0.807. The summed E-state index contributed by atoms with van der Waals surface area (Å²) in [5.41, 5.74) is 3.19. The number of nitrogens with zero attached hydrogens (tertiary/aromatic N) is 2. The monoisotopic (exact) mass is 287 g/mol. The number of pyridine rings is 1. The molecule has 0 fully saturated rings. The van der Waals surface area contributed by atoms with Crippen LogP contribution in [-0.4, -0.2) is 15.0 Å². The van der Waals surface area contributed by atoms with E-state index >= 15 is 0 Å². The average Bonchev–Trinajstić information content (AvgIpc) is 2.74. The normalized spacial score (nSPS) is 10.9. The Hall–Kier alpha value is -1.68. The predicted molar refractivity (Wildman–Crippen MR) is 70.8 cm³/mol. The molecular weight excluding hydrogens is 278 g/mol. The van der Waals surface area contributed by atoms with Crippen molar-refractivity contribution in [3.63, 3.8) is 0 Å². The Labute approximate surface area is 107 Å². The molecule has 0 spiro atoms. The van der Waals surface area contributed by atoms with E-state index in [1.165, 1.54) is 5.56 Å². The van der Waals surface area contributed by atoms with E-state index in [2.05, 4.69) is 43.0 Å². The van der Waals surface area contributed by atoms with E-state index in [1.807, 2.05) is 18.2 Å². The first-order valence-electron chi connectivity index (χ1n) is 5.34. The van der Waals surface area contributed by atoms with Gasteiger partial charge in [0.2, 0.25) is 0 Å². The second kappa shape index (κ2) is 4.30. The van der Waals surface area contributed by atoms with Crippen molar-refractivity contribution in [2.75, 3.05) is 0 Å². The predicted octanol–water partition coefficient (Wildman–Crippen LogP) is 3.31. The minimum Gasteiger partial charge on any atom is -0.340 e. The number of hydrogen-bond acceptors (Lipinski definition) is 2.